The van der Waals surface area contributed by atoms with Crippen LogP contribution in [-0.4, -0.2) is 45.1 Å². The van der Waals surface area contributed by atoms with E-state index >= 15 is 0 Å². The van der Waals surface area contributed by atoms with Crippen LogP contribution in [0.4, 0.5) is 11.5 Å². The van der Waals surface area contributed by atoms with Crippen LogP contribution in [0.2, 0.25) is 0 Å². The van der Waals surface area contributed by atoms with E-state index in [1.807, 2.05) is 30.3 Å². The van der Waals surface area contributed by atoms with Gasteiger partial charge in [0, 0.05) is 6.04 Å². The van der Waals surface area contributed by atoms with Crippen molar-refractivity contribution in [3.8, 4) is 0 Å². The third-order valence-corrected chi connectivity index (χ3v) is 7.18. The van der Waals surface area contributed by atoms with Crippen LogP contribution in [0.1, 0.15) is 12.0 Å². The lowest BCUT2D eigenvalue weighted by Crippen LogP contribution is -2.21. The zero-order chi connectivity index (χ0) is 18.6. The number of pyridine rings is 1. The highest BCUT2D eigenvalue weighted by Crippen LogP contribution is 2.18. The van der Waals surface area contributed by atoms with Gasteiger partial charge in [-0.1, -0.05) is 30.3 Å². The van der Waals surface area contributed by atoms with E-state index in [1.54, 1.807) is 12.1 Å². The fourth-order valence-corrected chi connectivity index (χ4v) is 5.54. The molecule has 2 aromatic rings. The number of nitrogens with one attached hydrogen (secondary N) is 2. The minimum absolute atomic E-state index is 0.0169. The molecule has 1 unspecified atom stereocenters. The molecule has 2 heterocycles. The summed E-state index contributed by atoms with van der Waals surface area (Å²) in [6.45, 7) is 0. The highest BCUT2D eigenvalue weighted by atomic mass is 32.2. The van der Waals surface area contributed by atoms with Crippen LogP contribution in [0.25, 0.3) is 0 Å². The summed E-state index contributed by atoms with van der Waals surface area (Å²) < 4.78 is 49.8. The van der Waals surface area contributed by atoms with Crippen LogP contribution in [0.3, 0.4) is 0 Å². The Morgan fingerprint density at radius 3 is 2.50 bits per heavy atom. The minimum Gasteiger partial charge on any atom is -0.366 e. The summed E-state index contributed by atoms with van der Waals surface area (Å²) >= 11 is 0. The van der Waals surface area contributed by atoms with Gasteiger partial charge in [-0.15, -0.1) is 0 Å². The van der Waals surface area contributed by atoms with Gasteiger partial charge >= 0.3 is 0 Å². The Bertz CT molecular complexity index is 943. The van der Waals surface area contributed by atoms with Crippen molar-refractivity contribution < 1.29 is 16.8 Å². The van der Waals surface area contributed by atoms with Crippen LogP contribution in [0, 0.1) is 0 Å². The molecule has 3 rings (SSSR count). The van der Waals surface area contributed by atoms with E-state index < -0.39 is 19.9 Å². The molecule has 0 radical (unpaired) electrons. The molecule has 7 nitrogen and oxygen atoms in total. The Hall–Kier alpha value is -2.13. The van der Waals surface area contributed by atoms with Crippen molar-refractivity contribution in [3.63, 3.8) is 0 Å². The van der Waals surface area contributed by atoms with Crippen LogP contribution in [0.15, 0.2) is 48.7 Å². The zero-order valence-corrected chi connectivity index (χ0v) is 15.8. The molecule has 0 saturated carbocycles. The number of aromatic nitrogens is 1. The summed E-state index contributed by atoms with van der Waals surface area (Å²) in [6.07, 6.45) is 2.41. The lowest BCUT2D eigenvalue weighted by molar-refractivity contribution is 0.599. The first-order chi connectivity index (χ1) is 12.3. The predicted octanol–water partition coefficient (Wildman–Crippen LogP) is 1.66. The summed E-state index contributed by atoms with van der Waals surface area (Å²) in [6, 6.07) is 12.5. The van der Waals surface area contributed by atoms with Crippen molar-refractivity contribution in [2.45, 2.75) is 18.9 Å². The van der Waals surface area contributed by atoms with Gasteiger partial charge in [-0.3, -0.25) is 4.72 Å². The van der Waals surface area contributed by atoms with Crippen LogP contribution in [-0.2, 0) is 26.3 Å². The first-order valence-electron chi connectivity index (χ1n) is 8.29. The SMILES string of the molecule is O=S1(=O)CCC(Nc2ccc(NS(=O)(=O)CCc3ccccc3)cn2)C1. The Morgan fingerprint density at radius 1 is 1.12 bits per heavy atom. The van der Waals surface area contributed by atoms with E-state index in [1.165, 1.54) is 6.20 Å². The van der Waals surface area contributed by atoms with Gasteiger partial charge in [-0.05, 0) is 30.5 Å². The van der Waals surface area contributed by atoms with Crippen molar-refractivity contribution in [1.82, 2.24) is 4.98 Å². The largest absolute Gasteiger partial charge is 0.366 e. The van der Waals surface area contributed by atoms with Gasteiger partial charge in [0.15, 0.2) is 9.84 Å². The molecule has 1 atom stereocenters. The molecule has 9 heteroatoms. The van der Waals surface area contributed by atoms with Crippen molar-refractivity contribution in [2.75, 3.05) is 27.3 Å². The molecular formula is C17H21N3O4S2. The van der Waals surface area contributed by atoms with Gasteiger partial charge in [-0.2, -0.15) is 0 Å². The summed E-state index contributed by atoms with van der Waals surface area (Å²) in [5.41, 5.74) is 1.34. The number of hydrogen-bond acceptors (Lipinski definition) is 6. The zero-order valence-electron chi connectivity index (χ0n) is 14.1. The second-order valence-electron chi connectivity index (χ2n) is 6.33. The standard InChI is InChI=1S/C17H21N3O4S2/c21-25(22)10-9-16(13-25)19-17-7-6-15(12-18-17)20-26(23,24)11-8-14-4-2-1-3-5-14/h1-7,12,16,20H,8-11,13H2,(H,18,19). The third-order valence-electron chi connectivity index (χ3n) is 4.12. The molecule has 1 aromatic heterocycles. The lowest BCUT2D eigenvalue weighted by Gasteiger charge is -2.12. The van der Waals surface area contributed by atoms with Crippen LogP contribution < -0.4 is 10.0 Å². The van der Waals surface area contributed by atoms with E-state index in [-0.39, 0.29) is 23.3 Å². The first-order valence-corrected chi connectivity index (χ1v) is 11.8. The minimum atomic E-state index is -3.47. The lowest BCUT2D eigenvalue weighted by atomic mass is 10.2. The van der Waals surface area contributed by atoms with E-state index in [0.717, 1.165) is 5.56 Å². The maximum Gasteiger partial charge on any atom is 0.233 e. The normalized spacial score (nSPS) is 19.2. The summed E-state index contributed by atoms with van der Waals surface area (Å²) in [5, 5.41) is 3.07. The van der Waals surface area contributed by atoms with Gasteiger partial charge in [-0.25, -0.2) is 21.8 Å². The van der Waals surface area contributed by atoms with E-state index in [9.17, 15) is 16.8 Å². The molecule has 1 aromatic carbocycles. The molecule has 2 N–H and O–H groups in total. The number of rotatable bonds is 7. The van der Waals surface area contributed by atoms with Crippen molar-refractivity contribution in [1.29, 1.82) is 0 Å². The van der Waals surface area contributed by atoms with E-state index in [0.29, 0.717) is 24.3 Å². The summed E-state index contributed by atoms with van der Waals surface area (Å²) in [4.78, 5) is 4.16. The van der Waals surface area contributed by atoms with Crippen molar-refractivity contribution in [2.24, 2.45) is 0 Å². The quantitative estimate of drug-likeness (QED) is 0.739. The summed E-state index contributed by atoms with van der Waals surface area (Å²) in [5.74, 6) is 0.794. The highest BCUT2D eigenvalue weighted by Gasteiger charge is 2.27. The molecule has 0 spiro atoms. The number of nitrogens with zero attached hydrogens (tertiary/aromatic N) is 1. The van der Waals surface area contributed by atoms with Crippen LogP contribution in [0.5, 0.6) is 0 Å². The molecule has 0 aliphatic carbocycles. The molecule has 1 saturated heterocycles. The Kier molecular flexibility index (Phi) is 5.47. The molecule has 1 aliphatic rings. The fourth-order valence-electron chi connectivity index (χ4n) is 2.79. The molecule has 140 valence electrons. The molecule has 0 bridgehead atoms. The maximum atomic E-state index is 12.2. The maximum absolute atomic E-state index is 12.2. The average molecular weight is 396 g/mol. The number of aryl methyl sites for hydroxylation is 1. The monoisotopic (exact) mass is 395 g/mol. The molecule has 0 amide bonds. The number of hydrogen-bond donors (Lipinski definition) is 2. The van der Waals surface area contributed by atoms with Gasteiger partial charge in [0.25, 0.3) is 0 Å². The Labute approximate surface area is 153 Å². The molecular weight excluding hydrogens is 374 g/mol. The Balaban J connectivity index is 1.55. The number of sulfone groups is 1. The van der Waals surface area contributed by atoms with Crippen LogP contribution >= 0.6 is 0 Å². The van der Waals surface area contributed by atoms with Gasteiger partial charge < -0.3 is 5.32 Å². The van der Waals surface area contributed by atoms with Crippen molar-refractivity contribution >= 4 is 31.4 Å². The highest BCUT2D eigenvalue weighted by molar-refractivity contribution is 7.92. The number of anilines is 2. The third kappa shape index (κ3) is 5.43. The van der Waals surface area contributed by atoms with E-state index in [4.69, 9.17) is 0 Å². The van der Waals surface area contributed by atoms with Gasteiger partial charge in [0.2, 0.25) is 10.0 Å². The van der Waals surface area contributed by atoms with Crippen molar-refractivity contribution in [3.05, 3.63) is 54.2 Å². The predicted molar refractivity (Wildman–Crippen MR) is 102 cm³/mol. The van der Waals surface area contributed by atoms with Gasteiger partial charge in [0.05, 0.1) is 29.1 Å². The van der Waals surface area contributed by atoms with Gasteiger partial charge in [0.1, 0.15) is 5.82 Å². The smallest absolute Gasteiger partial charge is 0.233 e. The second kappa shape index (κ2) is 7.63. The Morgan fingerprint density at radius 2 is 1.88 bits per heavy atom. The second-order valence-corrected chi connectivity index (χ2v) is 10.4. The molecule has 1 aliphatic heterocycles. The van der Waals surface area contributed by atoms with E-state index in [2.05, 4.69) is 15.0 Å². The molecule has 1 fully saturated rings. The average Bonchev–Trinajstić information content (AvgIpc) is 2.94. The topological polar surface area (TPSA) is 105 Å². The summed E-state index contributed by atoms with van der Waals surface area (Å²) in [7, 11) is -6.43. The first kappa shape index (κ1) is 18.7. The number of benzene rings is 1. The molecule has 26 heavy (non-hydrogen) atoms. The fraction of sp³-hybridized carbons (Fsp3) is 0.353. The number of sulfonamides is 1.